The van der Waals surface area contributed by atoms with Gasteiger partial charge in [0.2, 0.25) is 11.8 Å². The SMILES string of the molecule is C=C/C(=C\C=C(/C)OCc1c(C(=NC(=C)c2ccc(CC(N)=O)cc2Cl)OC)cnn1C)C(C)F. The third-order valence-corrected chi connectivity index (χ3v) is 5.40. The van der Waals surface area contributed by atoms with Gasteiger partial charge in [-0.25, -0.2) is 9.38 Å². The van der Waals surface area contributed by atoms with Gasteiger partial charge in [0.05, 0.1) is 47.5 Å². The summed E-state index contributed by atoms with van der Waals surface area (Å²) in [6.45, 7) is 11.0. The molecule has 9 heteroatoms. The van der Waals surface area contributed by atoms with Crippen LogP contribution in [-0.2, 0) is 34.3 Å². The average molecular weight is 501 g/mol. The van der Waals surface area contributed by atoms with Crippen molar-refractivity contribution < 1.29 is 18.7 Å². The zero-order valence-corrected chi connectivity index (χ0v) is 21.1. The average Bonchev–Trinajstić information content (AvgIpc) is 3.15. The van der Waals surface area contributed by atoms with Crippen LogP contribution in [0.5, 0.6) is 0 Å². The summed E-state index contributed by atoms with van der Waals surface area (Å²) in [5.41, 5.74) is 8.68. The number of alkyl halides is 1. The first-order valence-electron chi connectivity index (χ1n) is 10.7. The molecule has 0 aliphatic heterocycles. The molecule has 2 rings (SSSR count). The van der Waals surface area contributed by atoms with E-state index in [-0.39, 0.29) is 18.9 Å². The van der Waals surface area contributed by atoms with E-state index in [4.69, 9.17) is 26.8 Å². The van der Waals surface area contributed by atoms with E-state index < -0.39 is 12.1 Å². The van der Waals surface area contributed by atoms with Crippen molar-refractivity contribution in [2.45, 2.75) is 33.0 Å². The molecule has 1 amide bonds. The molecule has 1 heterocycles. The fourth-order valence-corrected chi connectivity index (χ4v) is 3.43. The molecule has 0 saturated carbocycles. The minimum absolute atomic E-state index is 0.0868. The summed E-state index contributed by atoms with van der Waals surface area (Å²) in [4.78, 5) is 15.7. The van der Waals surface area contributed by atoms with Crippen LogP contribution >= 0.6 is 11.6 Å². The molecule has 0 fully saturated rings. The number of allylic oxidation sites excluding steroid dienone is 5. The van der Waals surface area contributed by atoms with Crippen molar-refractivity contribution in [3.8, 4) is 0 Å². The number of halogens is 2. The van der Waals surface area contributed by atoms with E-state index in [0.717, 1.165) is 0 Å². The van der Waals surface area contributed by atoms with Gasteiger partial charge in [-0.1, -0.05) is 49.0 Å². The highest BCUT2D eigenvalue weighted by atomic mass is 35.5. The Balaban J connectivity index is 2.27. The molecule has 0 spiro atoms. The van der Waals surface area contributed by atoms with Crippen LogP contribution in [-0.4, -0.2) is 34.9 Å². The van der Waals surface area contributed by atoms with Crippen molar-refractivity contribution in [3.63, 3.8) is 0 Å². The highest BCUT2D eigenvalue weighted by Crippen LogP contribution is 2.26. The lowest BCUT2D eigenvalue weighted by Crippen LogP contribution is -2.13. The molecule has 186 valence electrons. The number of hydrogen-bond acceptors (Lipinski definition) is 5. The fourth-order valence-electron chi connectivity index (χ4n) is 3.12. The van der Waals surface area contributed by atoms with Crippen LogP contribution in [0.4, 0.5) is 4.39 Å². The Kier molecular flexibility index (Phi) is 10.0. The van der Waals surface area contributed by atoms with E-state index in [1.165, 1.54) is 20.1 Å². The van der Waals surface area contributed by atoms with E-state index in [9.17, 15) is 9.18 Å². The number of ether oxygens (including phenoxy) is 2. The molecule has 0 saturated heterocycles. The van der Waals surface area contributed by atoms with E-state index in [2.05, 4.69) is 23.2 Å². The number of rotatable bonds is 11. The maximum Gasteiger partial charge on any atom is 0.224 e. The number of nitrogens with two attached hydrogens (primary N) is 1. The molecule has 1 atom stereocenters. The van der Waals surface area contributed by atoms with Crippen molar-refractivity contribution in [2.24, 2.45) is 17.8 Å². The summed E-state index contributed by atoms with van der Waals surface area (Å²) in [5.74, 6) is 0.416. The topological polar surface area (TPSA) is 91.7 Å². The van der Waals surface area contributed by atoms with Crippen molar-refractivity contribution in [1.82, 2.24) is 9.78 Å². The van der Waals surface area contributed by atoms with Gasteiger partial charge in [0.15, 0.2) is 0 Å². The number of carbonyl (C=O) groups excluding carboxylic acids is 1. The lowest BCUT2D eigenvalue weighted by atomic mass is 10.1. The minimum atomic E-state index is -1.12. The summed E-state index contributed by atoms with van der Waals surface area (Å²) < 4.78 is 26.5. The fraction of sp³-hybridized carbons (Fsp3) is 0.269. The van der Waals surface area contributed by atoms with Gasteiger partial charge in [-0.3, -0.25) is 9.48 Å². The van der Waals surface area contributed by atoms with Gasteiger partial charge < -0.3 is 15.2 Å². The molecule has 7 nitrogen and oxygen atoms in total. The monoisotopic (exact) mass is 500 g/mol. The Labute approximate surface area is 210 Å². The number of benzene rings is 1. The van der Waals surface area contributed by atoms with Gasteiger partial charge in [-0.05, 0) is 37.1 Å². The number of methoxy groups -OCH3 is 1. The molecule has 2 aromatic rings. The predicted molar refractivity (Wildman–Crippen MR) is 138 cm³/mol. The standard InChI is InChI=1S/C26H30ClFN4O3/c1-7-20(17(3)28)10-8-16(2)35-15-24-22(14-30-32(24)5)26(34-6)31-18(4)21-11-9-19(12-23(21)27)13-25(29)33/h7-12,14,17H,1,4,13,15H2,2-3,5-6H3,(H2,29,33)/b16-8+,20-10+,31-26?. The van der Waals surface area contributed by atoms with Crippen molar-refractivity contribution in [3.05, 3.63) is 94.5 Å². The van der Waals surface area contributed by atoms with E-state index >= 15 is 0 Å². The Morgan fingerprint density at radius 2 is 2.09 bits per heavy atom. The molecule has 2 N–H and O–H groups in total. The first-order chi connectivity index (χ1) is 16.6. The van der Waals surface area contributed by atoms with E-state index in [1.807, 2.05) is 0 Å². The smallest absolute Gasteiger partial charge is 0.224 e. The number of hydrogen-bond donors (Lipinski definition) is 1. The highest BCUT2D eigenvalue weighted by Gasteiger charge is 2.17. The first-order valence-corrected chi connectivity index (χ1v) is 11.1. The van der Waals surface area contributed by atoms with Crippen LogP contribution in [0, 0.1) is 0 Å². The molecular weight excluding hydrogens is 471 g/mol. The van der Waals surface area contributed by atoms with E-state index in [1.54, 1.807) is 55.2 Å². The van der Waals surface area contributed by atoms with Crippen LogP contribution in [0.15, 0.2) is 72.1 Å². The molecule has 0 bridgehead atoms. The quantitative estimate of drug-likeness (QED) is 0.202. The lowest BCUT2D eigenvalue weighted by Gasteiger charge is -2.11. The Morgan fingerprint density at radius 3 is 2.66 bits per heavy atom. The molecule has 0 radical (unpaired) electrons. The van der Waals surface area contributed by atoms with E-state index in [0.29, 0.717) is 44.4 Å². The number of nitrogens with zero attached hydrogens (tertiary/aromatic N) is 3. The normalized spacial score (nSPS) is 13.4. The van der Waals surface area contributed by atoms with Crippen LogP contribution in [0.3, 0.4) is 0 Å². The van der Waals surface area contributed by atoms with Gasteiger partial charge in [0.1, 0.15) is 12.8 Å². The van der Waals surface area contributed by atoms with Gasteiger partial charge in [-0.15, -0.1) is 0 Å². The van der Waals surface area contributed by atoms with Gasteiger partial charge in [-0.2, -0.15) is 5.10 Å². The molecule has 0 aliphatic rings. The second-order valence-corrected chi connectivity index (χ2v) is 8.11. The van der Waals surface area contributed by atoms with Crippen LogP contribution in [0.25, 0.3) is 5.70 Å². The second-order valence-electron chi connectivity index (χ2n) is 7.71. The first kappa shape index (κ1) is 27.6. The summed E-state index contributed by atoms with van der Waals surface area (Å²) >= 11 is 6.38. The molecule has 0 aliphatic carbocycles. The summed E-state index contributed by atoms with van der Waals surface area (Å²) in [6, 6.07) is 5.13. The predicted octanol–water partition coefficient (Wildman–Crippen LogP) is 5.06. The highest BCUT2D eigenvalue weighted by molar-refractivity contribution is 6.32. The lowest BCUT2D eigenvalue weighted by molar-refractivity contribution is -0.117. The van der Waals surface area contributed by atoms with Gasteiger partial charge in [0, 0.05) is 12.6 Å². The largest absolute Gasteiger partial charge is 0.492 e. The number of amides is 1. The number of aryl methyl sites for hydroxylation is 1. The zero-order valence-electron chi connectivity index (χ0n) is 20.3. The van der Waals surface area contributed by atoms with Crippen LogP contribution in [0.2, 0.25) is 5.02 Å². The summed E-state index contributed by atoms with van der Waals surface area (Å²) in [6.07, 6.45) is 5.36. The molecule has 1 unspecified atom stereocenters. The molecule has 35 heavy (non-hydrogen) atoms. The number of primary amides is 1. The Hall–Kier alpha value is -3.65. The third kappa shape index (κ3) is 7.68. The molecular formula is C26H30ClFN4O3. The molecule has 1 aromatic carbocycles. The van der Waals surface area contributed by atoms with Crippen molar-refractivity contribution >= 4 is 29.1 Å². The van der Waals surface area contributed by atoms with Gasteiger partial charge in [0.25, 0.3) is 0 Å². The second kappa shape index (κ2) is 12.7. The summed E-state index contributed by atoms with van der Waals surface area (Å²) in [5, 5.41) is 4.68. The number of aliphatic imine (C=N–C) groups is 1. The molecule has 1 aromatic heterocycles. The number of aromatic nitrogens is 2. The number of carbonyl (C=O) groups is 1. The van der Waals surface area contributed by atoms with Crippen molar-refractivity contribution in [2.75, 3.05) is 7.11 Å². The minimum Gasteiger partial charge on any atom is -0.492 e. The Morgan fingerprint density at radius 1 is 1.37 bits per heavy atom. The van der Waals surface area contributed by atoms with Crippen molar-refractivity contribution in [1.29, 1.82) is 0 Å². The maximum atomic E-state index is 13.5. The Bertz CT molecular complexity index is 1200. The maximum absolute atomic E-state index is 13.5. The van der Waals surface area contributed by atoms with Crippen LogP contribution < -0.4 is 5.73 Å². The summed E-state index contributed by atoms with van der Waals surface area (Å²) in [7, 11) is 3.27. The third-order valence-electron chi connectivity index (χ3n) is 5.09. The van der Waals surface area contributed by atoms with Gasteiger partial charge >= 0.3 is 0 Å². The zero-order chi connectivity index (χ0) is 26.1. The van der Waals surface area contributed by atoms with Crippen LogP contribution in [0.1, 0.15) is 36.2 Å².